The van der Waals surface area contributed by atoms with Crippen LogP contribution in [0.4, 0.5) is 0 Å². The zero-order valence-electron chi connectivity index (χ0n) is 17.3. The lowest BCUT2D eigenvalue weighted by atomic mass is 9.72. The van der Waals surface area contributed by atoms with Crippen molar-refractivity contribution in [2.45, 2.75) is 72.1 Å². The lowest BCUT2D eigenvalue weighted by Crippen LogP contribution is -2.40. The summed E-state index contributed by atoms with van der Waals surface area (Å²) in [7, 11) is 0. The van der Waals surface area contributed by atoms with Gasteiger partial charge >= 0.3 is 0 Å². The monoisotopic (exact) mass is 492 g/mol. The largest absolute Gasteiger partial charge is 0.396 e. The van der Waals surface area contributed by atoms with Gasteiger partial charge in [-0.15, -0.1) is 24.0 Å². The molecule has 1 fully saturated rings. The predicted octanol–water partition coefficient (Wildman–Crippen LogP) is 3.90. The maximum absolute atomic E-state index is 9.49. The summed E-state index contributed by atoms with van der Waals surface area (Å²) in [6, 6.07) is 0. The number of aliphatic hydroxyl groups is 1. The quantitative estimate of drug-likeness (QED) is 0.291. The molecule has 1 aliphatic rings. The van der Waals surface area contributed by atoms with Gasteiger partial charge in [-0.1, -0.05) is 31.3 Å². The smallest absolute Gasteiger partial charge is 0.191 e. The fourth-order valence-corrected chi connectivity index (χ4v) is 4.16. The molecule has 156 valence electrons. The van der Waals surface area contributed by atoms with Crippen LogP contribution < -0.4 is 10.6 Å². The first kappa shape index (κ1) is 24.2. The first-order chi connectivity index (χ1) is 12.5. The third-order valence-electron chi connectivity index (χ3n) is 5.63. The standard InChI is InChI=1S/C20H36N4O2.HI/c1-5-21-19(22-13-15(2)18-16(3)24-26-17(18)4)23-14-20(11-12-25)9-7-6-8-10-20;/h15,25H,5-14H2,1-4H3,(H2,21,22,23);1H. The van der Waals surface area contributed by atoms with Crippen LogP contribution in [0, 0.1) is 19.3 Å². The van der Waals surface area contributed by atoms with Crippen LogP contribution in [0.2, 0.25) is 0 Å². The number of aryl methyl sites for hydroxylation is 2. The van der Waals surface area contributed by atoms with Crippen molar-refractivity contribution in [3.05, 3.63) is 17.0 Å². The van der Waals surface area contributed by atoms with Crippen LogP contribution in [0.1, 0.15) is 75.3 Å². The number of halogens is 1. The Balaban J connectivity index is 0.00000364. The third-order valence-corrected chi connectivity index (χ3v) is 5.63. The molecule has 1 aromatic heterocycles. The molecule has 0 bridgehead atoms. The molecule has 2 rings (SSSR count). The highest BCUT2D eigenvalue weighted by Crippen LogP contribution is 2.39. The molecule has 0 radical (unpaired) electrons. The molecule has 0 aliphatic heterocycles. The highest BCUT2D eigenvalue weighted by Gasteiger charge is 2.31. The van der Waals surface area contributed by atoms with E-state index in [0.29, 0.717) is 5.92 Å². The lowest BCUT2D eigenvalue weighted by molar-refractivity contribution is 0.137. The molecule has 1 aliphatic carbocycles. The molecule has 3 N–H and O–H groups in total. The Morgan fingerprint density at radius 2 is 1.96 bits per heavy atom. The number of hydrogen-bond acceptors (Lipinski definition) is 4. The third kappa shape index (κ3) is 6.93. The average Bonchev–Trinajstić information content (AvgIpc) is 2.97. The number of aliphatic hydroxyl groups excluding tert-OH is 1. The van der Waals surface area contributed by atoms with Crippen molar-refractivity contribution >= 4 is 29.9 Å². The Labute approximate surface area is 181 Å². The van der Waals surface area contributed by atoms with Gasteiger partial charge in [0.25, 0.3) is 0 Å². The summed E-state index contributed by atoms with van der Waals surface area (Å²) >= 11 is 0. The van der Waals surface area contributed by atoms with E-state index >= 15 is 0 Å². The first-order valence-electron chi connectivity index (χ1n) is 10.1. The number of aromatic nitrogens is 1. The maximum Gasteiger partial charge on any atom is 0.191 e. The van der Waals surface area contributed by atoms with Gasteiger partial charge in [0.1, 0.15) is 5.76 Å². The van der Waals surface area contributed by atoms with Gasteiger partial charge in [-0.2, -0.15) is 0 Å². The number of nitrogens with one attached hydrogen (secondary N) is 2. The first-order valence-corrected chi connectivity index (χ1v) is 10.1. The van der Waals surface area contributed by atoms with Crippen LogP contribution >= 0.6 is 24.0 Å². The van der Waals surface area contributed by atoms with Crippen LogP contribution in [0.25, 0.3) is 0 Å². The van der Waals surface area contributed by atoms with E-state index in [4.69, 9.17) is 9.52 Å². The minimum atomic E-state index is 0. The molecule has 1 atom stereocenters. The fourth-order valence-electron chi connectivity index (χ4n) is 4.16. The summed E-state index contributed by atoms with van der Waals surface area (Å²) in [5.41, 5.74) is 2.31. The molecule has 1 unspecified atom stereocenters. The van der Waals surface area contributed by atoms with Gasteiger partial charge in [-0.05, 0) is 45.4 Å². The Hall–Kier alpha value is -0.830. The molecule has 6 nitrogen and oxygen atoms in total. The van der Waals surface area contributed by atoms with E-state index in [-0.39, 0.29) is 36.0 Å². The van der Waals surface area contributed by atoms with Crippen molar-refractivity contribution in [3.63, 3.8) is 0 Å². The Bertz CT molecular complexity index is 558. The van der Waals surface area contributed by atoms with Crippen LogP contribution in [0.15, 0.2) is 9.52 Å². The SMILES string of the molecule is CCNC(=NCC1(CCO)CCCCC1)NCC(C)c1c(C)noc1C.I. The summed E-state index contributed by atoms with van der Waals surface area (Å²) in [4.78, 5) is 4.87. The molecule has 0 spiro atoms. The summed E-state index contributed by atoms with van der Waals surface area (Å²) in [5.74, 6) is 2.04. The normalized spacial score (nSPS) is 17.9. The zero-order chi connectivity index (χ0) is 19.0. The number of guanidine groups is 1. The summed E-state index contributed by atoms with van der Waals surface area (Å²) in [6.45, 7) is 10.9. The molecule has 0 amide bonds. The van der Waals surface area contributed by atoms with Gasteiger partial charge in [-0.25, -0.2) is 0 Å². The minimum Gasteiger partial charge on any atom is -0.396 e. The van der Waals surface area contributed by atoms with E-state index in [0.717, 1.165) is 43.5 Å². The average molecular weight is 492 g/mol. The van der Waals surface area contributed by atoms with Gasteiger partial charge in [0, 0.05) is 37.7 Å². The number of rotatable bonds is 8. The lowest BCUT2D eigenvalue weighted by Gasteiger charge is -2.35. The highest BCUT2D eigenvalue weighted by molar-refractivity contribution is 14.0. The topological polar surface area (TPSA) is 82.7 Å². The highest BCUT2D eigenvalue weighted by atomic mass is 127. The molecule has 27 heavy (non-hydrogen) atoms. The second-order valence-electron chi connectivity index (χ2n) is 7.75. The van der Waals surface area contributed by atoms with Crippen LogP contribution in [0.3, 0.4) is 0 Å². The second-order valence-corrected chi connectivity index (χ2v) is 7.75. The van der Waals surface area contributed by atoms with E-state index in [1.807, 2.05) is 13.8 Å². The molecule has 0 saturated heterocycles. The van der Waals surface area contributed by atoms with Crippen molar-refractivity contribution in [1.82, 2.24) is 15.8 Å². The van der Waals surface area contributed by atoms with Crippen molar-refractivity contribution in [3.8, 4) is 0 Å². The Morgan fingerprint density at radius 3 is 2.52 bits per heavy atom. The molecule has 1 aromatic rings. The van der Waals surface area contributed by atoms with E-state index < -0.39 is 0 Å². The van der Waals surface area contributed by atoms with E-state index in [1.165, 1.54) is 37.7 Å². The van der Waals surface area contributed by atoms with Crippen molar-refractivity contribution in [2.75, 3.05) is 26.2 Å². The molecule has 1 saturated carbocycles. The van der Waals surface area contributed by atoms with Crippen molar-refractivity contribution in [1.29, 1.82) is 0 Å². The molecule has 1 heterocycles. The van der Waals surface area contributed by atoms with Crippen molar-refractivity contribution in [2.24, 2.45) is 10.4 Å². The predicted molar refractivity (Wildman–Crippen MR) is 121 cm³/mol. The van der Waals surface area contributed by atoms with E-state index in [1.54, 1.807) is 0 Å². The summed E-state index contributed by atoms with van der Waals surface area (Å²) < 4.78 is 5.29. The van der Waals surface area contributed by atoms with Gasteiger partial charge in [0.2, 0.25) is 0 Å². The second kappa shape index (κ2) is 11.9. The molecular weight excluding hydrogens is 455 g/mol. The summed E-state index contributed by atoms with van der Waals surface area (Å²) in [6.07, 6.45) is 7.01. The minimum absolute atomic E-state index is 0. The van der Waals surface area contributed by atoms with Crippen LogP contribution in [-0.2, 0) is 0 Å². The van der Waals surface area contributed by atoms with Gasteiger partial charge < -0.3 is 20.3 Å². The fraction of sp³-hybridized carbons (Fsp3) is 0.800. The molecule has 0 aromatic carbocycles. The number of nitrogens with zero attached hydrogens (tertiary/aromatic N) is 2. The van der Waals surface area contributed by atoms with Crippen LogP contribution in [0.5, 0.6) is 0 Å². The number of hydrogen-bond donors (Lipinski definition) is 3. The van der Waals surface area contributed by atoms with Crippen LogP contribution in [-0.4, -0.2) is 42.5 Å². The maximum atomic E-state index is 9.49. The Morgan fingerprint density at radius 1 is 1.26 bits per heavy atom. The molecular formula is C20H37IN4O2. The van der Waals surface area contributed by atoms with Crippen molar-refractivity contribution < 1.29 is 9.63 Å². The Kier molecular flexibility index (Phi) is 10.7. The zero-order valence-corrected chi connectivity index (χ0v) is 19.6. The number of aliphatic imine (C=N–C) groups is 1. The molecule has 7 heteroatoms. The van der Waals surface area contributed by atoms with Gasteiger partial charge in [-0.3, -0.25) is 4.99 Å². The van der Waals surface area contributed by atoms with Gasteiger partial charge in [0.05, 0.1) is 5.69 Å². The summed E-state index contributed by atoms with van der Waals surface area (Å²) in [5, 5.41) is 20.4. The van der Waals surface area contributed by atoms with E-state index in [9.17, 15) is 5.11 Å². The van der Waals surface area contributed by atoms with Gasteiger partial charge in [0.15, 0.2) is 5.96 Å². The van der Waals surface area contributed by atoms with E-state index in [2.05, 4.69) is 29.6 Å².